The van der Waals surface area contributed by atoms with Crippen LogP contribution in [-0.2, 0) is 75.0 Å². The fourth-order valence-electron chi connectivity index (χ4n) is 15.3. The maximum atomic E-state index is 15.2. The summed E-state index contributed by atoms with van der Waals surface area (Å²) < 4.78 is 35.4. The highest BCUT2D eigenvalue weighted by molar-refractivity contribution is 5.96. The number of ketones is 2. The van der Waals surface area contributed by atoms with Crippen molar-refractivity contribution >= 4 is 41.4 Å². The van der Waals surface area contributed by atoms with Crippen LogP contribution in [0, 0.1) is 56.2 Å². The van der Waals surface area contributed by atoms with Crippen molar-refractivity contribution in [2.24, 2.45) is 56.2 Å². The Kier molecular flexibility index (Phi) is 14.4. The first kappa shape index (κ1) is 53.1. The quantitative estimate of drug-likeness (QED) is 0.137. The second kappa shape index (κ2) is 19.5. The number of carbonyl (C=O) groups excluding carboxylic acids is 7. The van der Waals surface area contributed by atoms with E-state index >= 15 is 4.79 Å². The second-order valence-corrected chi connectivity index (χ2v) is 24.0. The molecular formula is C56H75N3O13. The zero-order valence-electron chi connectivity index (χ0n) is 44.1. The maximum absolute atomic E-state index is 15.2. The second-order valence-electron chi connectivity index (χ2n) is 24.0. The SMILES string of the molecule is CC(=O)OC[C@@H]1OC(n2cc(COC(=O)[C@@]3(C)CC[C@]4(C)CC[C@]5(C)C(=CC(=O)[C@@H]6[C@@]7(C)CC[C@H](C(=O)CCc8ccccc8)C(C)(C)C7CC[C@]65C)[C@H]4C3)nn2)[C@@H](OC(C)=O)[C@H](OC(C)=O)[C@H]1OC(C)=O. The van der Waals surface area contributed by atoms with Gasteiger partial charge in [-0.25, -0.2) is 4.68 Å². The number of aryl methyl sites for hydroxylation is 1. The monoisotopic (exact) mass is 998 g/mol. The van der Waals surface area contributed by atoms with Crippen LogP contribution in [0.3, 0.4) is 0 Å². The lowest BCUT2D eigenvalue weighted by atomic mass is 9.33. The van der Waals surface area contributed by atoms with Gasteiger partial charge in [0.1, 0.15) is 30.8 Å². The van der Waals surface area contributed by atoms with E-state index in [9.17, 15) is 28.8 Å². The largest absolute Gasteiger partial charge is 0.463 e. The summed E-state index contributed by atoms with van der Waals surface area (Å²) in [5, 5.41) is 8.45. The van der Waals surface area contributed by atoms with Gasteiger partial charge in [-0.3, -0.25) is 33.6 Å². The van der Waals surface area contributed by atoms with Crippen LogP contribution in [-0.4, -0.2) is 87.4 Å². The number of rotatable bonds is 13. The Morgan fingerprint density at radius 1 is 0.750 bits per heavy atom. The molecule has 2 unspecified atom stereocenters. The average molecular weight is 998 g/mol. The van der Waals surface area contributed by atoms with E-state index in [4.69, 9.17) is 28.4 Å². The van der Waals surface area contributed by atoms with Gasteiger partial charge in [-0.15, -0.1) is 5.10 Å². The minimum Gasteiger partial charge on any atom is -0.463 e. The van der Waals surface area contributed by atoms with Crippen LogP contribution in [0.1, 0.15) is 158 Å². The Bertz CT molecular complexity index is 2500. The molecule has 1 aromatic carbocycles. The van der Waals surface area contributed by atoms with E-state index in [2.05, 4.69) is 64.0 Å². The predicted molar refractivity (Wildman–Crippen MR) is 260 cm³/mol. The molecule has 0 N–H and O–H groups in total. The van der Waals surface area contributed by atoms with E-state index in [1.807, 2.05) is 31.2 Å². The number of carbonyl (C=O) groups is 7. The third kappa shape index (κ3) is 9.46. The van der Waals surface area contributed by atoms with Crippen LogP contribution >= 0.6 is 0 Å². The Balaban J connectivity index is 0.993. The van der Waals surface area contributed by atoms with Crippen LogP contribution in [0.4, 0.5) is 0 Å². The number of allylic oxidation sites excluding steroid dienone is 2. The molecule has 4 saturated carbocycles. The highest BCUT2D eigenvalue weighted by atomic mass is 16.7. The summed E-state index contributed by atoms with van der Waals surface area (Å²) in [4.78, 5) is 92.5. The van der Waals surface area contributed by atoms with Crippen molar-refractivity contribution in [3.05, 3.63) is 59.4 Å². The van der Waals surface area contributed by atoms with Gasteiger partial charge in [0.25, 0.3) is 0 Å². The first-order valence-corrected chi connectivity index (χ1v) is 26.0. The smallest absolute Gasteiger partial charge is 0.312 e. The number of hydrogen-bond acceptors (Lipinski definition) is 15. The molecule has 0 radical (unpaired) electrons. The lowest BCUT2D eigenvalue weighted by Gasteiger charge is -2.70. The lowest BCUT2D eigenvalue weighted by Crippen LogP contribution is -2.66. The summed E-state index contributed by atoms with van der Waals surface area (Å²) in [6.07, 6.45) is 5.42. The van der Waals surface area contributed by atoms with Crippen LogP contribution < -0.4 is 0 Å². The molecule has 16 nitrogen and oxygen atoms in total. The molecule has 1 aliphatic heterocycles. The molecule has 0 spiro atoms. The number of benzene rings is 1. The Morgan fingerprint density at radius 3 is 2.07 bits per heavy atom. The van der Waals surface area contributed by atoms with Gasteiger partial charge in [-0.1, -0.05) is 82.7 Å². The molecule has 5 fully saturated rings. The summed E-state index contributed by atoms with van der Waals surface area (Å²) in [6, 6.07) is 10.2. The number of ether oxygens (including phenoxy) is 6. The Hall–Kier alpha value is -5.25. The highest BCUT2D eigenvalue weighted by Crippen LogP contribution is 2.75. The summed E-state index contributed by atoms with van der Waals surface area (Å²) >= 11 is 0. The molecule has 72 heavy (non-hydrogen) atoms. The molecule has 8 rings (SSSR count). The summed E-state index contributed by atoms with van der Waals surface area (Å²) in [6.45, 7) is 19.9. The van der Waals surface area contributed by atoms with Crippen molar-refractivity contribution in [2.45, 2.75) is 184 Å². The third-order valence-corrected chi connectivity index (χ3v) is 19.1. The first-order chi connectivity index (χ1) is 33.8. The van der Waals surface area contributed by atoms with Crippen LogP contribution in [0.2, 0.25) is 0 Å². The normalized spacial score (nSPS) is 37.7. The first-order valence-electron chi connectivity index (χ1n) is 26.0. The molecule has 0 bridgehead atoms. The molecule has 392 valence electrons. The van der Waals surface area contributed by atoms with Gasteiger partial charge in [0.2, 0.25) is 0 Å². The van der Waals surface area contributed by atoms with Crippen molar-refractivity contribution in [1.29, 1.82) is 0 Å². The summed E-state index contributed by atoms with van der Waals surface area (Å²) in [5.74, 6) is -2.81. The van der Waals surface area contributed by atoms with Gasteiger partial charge < -0.3 is 28.4 Å². The Labute approximate surface area is 423 Å². The average Bonchev–Trinajstić information content (AvgIpc) is 3.78. The minimum absolute atomic E-state index is 0.0207. The number of esters is 5. The number of nitrogens with zero attached hydrogens (tertiary/aromatic N) is 3. The van der Waals surface area contributed by atoms with Crippen LogP contribution in [0.5, 0.6) is 0 Å². The maximum Gasteiger partial charge on any atom is 0.312 e. The van der Waals surface area contributed by atoms with Gasteiger partial charge in [0, 0.05) is 46.0 Å². The standard InChI is InChI=1S/C56H75N3O13/c1-32(60)67-31-43-45(69-33(2)61)46(70-34(3)62)47(71-35(4)63)49(72-43)59-29-37(57-58-59)30-68-50(66)53(8)24-23-52(7)25-26-55(10)39(40(52)28-53)27-42(65)48-54(9)21-19-38(41(64)18-17-36-15-13-12-14-16-36)51(5,6)44(54)20-22-56(48,55)11/h12-16,27,29,38,40,43-49H,17-26,28,30-31H2,1-11H3/t38-,40-,43+,44?,45+,46-,47+,48-,49?,52-,53+,54+,55-,56-/m1/s1. The molecule has 6 aliphatic rings. The lowest BCUT2D eigenvalue weighted by molar-refractivity contribution is -0.270. The zero-order chi connectivity index (χ0) is 52.3. The molecular weight excluding hydrogens is 923 g/mol. The van der Waals surface area contributed by atoms with E-state index < -0.39 is 72.5 Å². The van der Waals surface area contributed by atoms with Crippen molar-refractivity contribution in [2.75, 3.05) is 6.61 Å². The van der Waals surface area contributed by atoms with E-state index in [1.54, 1.807) is 0 Å². The number of Topliss-reactive ketones (excluding diaryl/α,β-unsaturated/α-hetero) is 1. The predicted octanol–water partition coefficient (Wildman–Crippen LogP) is 8.38. The summed E-state index contributed by atoms with van der Waals surface area (Å²) in [7, 11) is 0. The van der Waals surface area contributed by atoms with Gasteiger partial charge in [-0.05, 0) is 122 Å². The topological polar surface area (TPSA) is 206 Å². The van der Waals surface area contributed by atoms with Gasteiger partial charge in [0.15, 0.2) is 30.3 Å². The molecule has 14 atom stereocenters. The molecule has 0 amide bonds. The molecule has 16 heteroatoms. The molecule has 1 saturated heterocycles. The van der Waals surface area contributed by atoms with Crippen LogP contribution in [0.15, 0.2) is 48.2 Å². The van der Waals surface area contributed by atoms with E-state index in [1.165, 1.54) is 28.9 Å². The zero-order valence-corrected chi connectivity index (χ0v) is 44.1. The fourth-order valence-corrected chi connectivity index (χ4v) is 15.3. The molecule has 1 aromatic heterocycles. The van der Waals surface area contributed by atoms with Gasteiger partial charge in [0.05, 0.1) is 11.6 Å². The van der Waals surface area contributed by atoms with Crippen LogP contribution in [0.25, 0.3) is 0 Å². The number of fused-ring (bicyclic) bond motifs is 7. The van der Waals surface area contributed by atoms with Crippen molar-refractivity contribution in [3.63, 3.8) is 0 Å². The van der Waals surface area contributed by atoms with Crippen molar-refractivity contribution in [1.82, 2.24) is 15.0 Å². The van der Waals surface area contributed by atoms with Gasteiger partial charge >= 0.3 is 29.8 Å². The fraction of sp³-hybridized carbons (Fsp3) is 0.696. The van der Waals surface area contributed by atoms with E-state index in [0.717, 1.165) is 72.1 Å². The number of aromatic nitrogens is 3. The molecule has 5 aliphatic carbocycles. The van der Waals surface area contributed by atoms with Crippen molar-refractivity contribution in [3.8, 4) is 0 Å². The van der Waals surface area contributed by atoms with Gasteiger partial charge in [-0.2, -0.15) is 0 Å². The summed E-state index contributed by atoms with van der Waals surface area (Å²) in [5.41, 5.74) is 0.506. The van der Waals surface area contributed by atoms with E-state index in [-0.39, 0.29) is 68.8 Å². The minimum atomic E-state index is -1.40. The molecule has 2 heterocycles. The Morgan fingerprint density at radius 2 is 1.40 bits per heavy atom. The highest BCUT2D eigenvalue weighted by Gasteiger charge is 2.70. The molecule has 2 aromatic rings. The number of hydrogen-bond donors (Lipinski definition) is 0. The van der Waals surface area contributed by atoms with Crippen molar-refractivity contribution < 1.29 is 62.0 Å². The third-order valence-electron chi connectivity index (χ3n) is 19.1. The van der Waals surface area contributed by atoms with E-state index in [0.29, 0.717) is 25.0 Å².